The Morgan fingerprint density at radius 2 is 1.84 bits per heavy atom. The SMILES string of the molecule is C=CCN1C[C@@H](C)N([C@H](c2cccc(O)c2)c2ccccc2C(=O)N(CC)CC)C[C@H]1C. The monoisotopic (exact) mass is 435 g/mol. The first-order chi connectivity index (χ1) is 15.4. The number of aromatic hydroxyl groups is 1. The molecule has 1 aliphatic rings. The van der Waals surface area contributed by atoms with Crippen molar-refractivity contribution in [2.24, 2.45) is 0 Å². The minimum atomic E-state index is -0.124. The van der Waals surface area contributed by atoms with Gasteiger partial charge in [-0.25, -0.2) is 0 Å². The molecule has 3 rings (SSSR count). The predicted molar refractivity (Wildman–Crippen MR) is 131 cm³/mol. The zero-order valence-electron chi connectivity index (χ0n) is 19.9. The minimum absolute atomic E-state index is 0.0572. The lowest BCUT2D eigenvalue weighted by molar-refractivity contribution is 0.0302. The number of amides is 1. The van der Waals surface area contributed by atoms with Crippen LogP contribution in [-0.2, 0) is 0 Å². The van der Waals surface area contributed by atoms with Crippen molar-refractivity contribution in [3.05, 3.63) is 77.9 Å². The molecule has 172 valence electrons. The van der Waals surface area contributed by atoms with E-state index in [4.69, 9.17) is 0 Å². The van der Waals surface area contributed by atoms with E-state index in [1.54, 1.807) is 6.07 Å². The van der Waals surface area contributed by atoms with Crippen LogP contribution in [0.5, 0.6) is 5.75 Å². The average molecular weight is 436 g/mol. The molecule has 2 aromatic carbocycles. The summed E-state index contributed by atoms with van der Waals surface area (Å²) in [5.41, 5.74) is 2.73. The second-order valence-electron chi connectivity index (χ2n) is 8.70. The van der Waals surface area contributed by atoms with Crippen LogP contribution >= 0.6 is 0 Å². The van der Waals surface area contributed by atoms with Crippen LogP contribution in [0.15, 0.2) is 61.2 Å². The number of nitrogens with zero attached hydrogens (tertiary/aromatic N) is 3. The molecule has 1 heterocycles. The Morgan fingerprint density at radius 1 is 1.12 bits per heavy atom. The van der Waals surface area contributed by atoms with Gasteiger partial charge in [0.1, 0.15) is 5.75 Å². The molecule has 0 bridgehead atoms. The normalized spacial score (nSPS) is 20.6. The molecule has 0 aliphatic carbocycles. The molecule has 1 saturated heterocycles. The quantitative estimate of drug-likeness (QED) is 0.618. The van der Waals surface area contributed by atoms with Crippen LogP contribution in [0.1, 0.15) is 55.2 Å². The molecule has 3 atom stereocenters. The summed E-state index contributed by atoms with van der Waals surface area (Å²) in [6.07, 6.45) is 1.96. The summed E-state index contributed by atoms with van der Waals surface area (Å²) in [4.78, 5) is 20.2. The van der Waals surface area contributed by atoms with Crippen LogP contribution in [0.2, 0.25) is 0 Å². The summed E-state index contributed by atoms with van der Waals surface area (Å²) in [7, 11) is 0. The molecule has 0 spiro atoms. The molecular weight excluding hydrogens is 398 g/mol. The number of phenols is 1. The van der Waals surface area contributed by atoms with Crippen molar-refractivity contribution < 1.29 is 9.90 Å². The topological polar surface area (TPSA) is 47.0 Å². The van der Waals surface area contributed by atoms with Crippen molar-refractivity contribution in [2.75, 3.05) is 32.7 Å². The third kappa shape index (κ3) is 5.05. The van der Waals surface area contributed by atoms with Gasteiger partial charge in [-0.05, 0) is 57.0 Å². The van der Waals surface area contributed by atoms with E-state index < -0.39 is 0 Å². The number of hydrogen-bond donors (Lipinski definition) is 1. The van der Waals surface area contributed by atoms with E-state index in [1.807, 2.05) is 55.2 Å². The molecule has 0 aromatic heterocycles. The summed E-state index contributed by atoms with van der Waals surface area (Å²) in [5.74, 6) is 0.299. The summed E-state index contributed by atoms with van der Waals surface area (Å²) in [5, 5.41) is 10.3. The first-order valence-corrected chi connectivity index (χ1v) is 11.7. The molecule has 32 heavy (non-hydrogen) atoms. The highest BCUT2D eigenvalue weighted by molar-refractivity contribution is 5.96. The average Bonchev–Trinajstić information content (AvgIpc) is 2.78. The number of carbonyl (C=O) groups is 1. The maximum atomic E-state index is 13.4. The number of hydrogen-bond acceptors (Lipinski definition) is 4. The van der Waals surface area contributed by atoms with E-state index in [0.717, 1.165) is 36.3 Å². The Morgan fingerprint density at radius 3 is 2.50 bits per heavy atom. The van der Waals surface area contributed by atoms with Crippen molar-refractivity contribution in [1.29, 1.82) is 0 Å². The molecular formula is C27H37N3O2. The van der Waals surface area contributed by atoms with Gasteiger partial charge in [-0.3, -0.25) is 14.6 Å². The molecule has 0 saturated carbocycles. The molecule has 2 aromatic rings. The molecule has 5 nitrogen and oxygen atoms in total. The Balaban J connectivity index is 2.10. The lowest BCUT2D eigenvalue weighted by Crippen LogP contribution is -2.57. The van der Waals surface area contributed by atoms with E-state index in [-0.39, 0.29) is 23.7 Å². The van der Waals surface area contributed by atoms with Crippen molar-refractivity contribution >= 4 is 5.91 Å². The molecule has 1 aliphatic heterocycles. The van der Waals surface area contributed by atoms with Crippen LogP contribution in [0.3, 0.4) is 0 Å². The summed E-state index contributed by atoms with van der Waals surface area (Å²) in [6, 6.07) is 15.9. The van der Waals surface area contributed by atoms with Gasteiger partial charge in [0.2, 0.25) is 0 Å². The fourth-order valence-corrected chi connectivity index (χ4v) is 4.86. The maximum absolute atomic E-state index is 13.4. The Labute approximate surface area is 193 Å². The largest absolute Gasteiger partial charge is 0.508 e. The summed E-state index contributed by atoms with van der Waals surface area (Å²) < 4.78 is 0. The van der Waals surface area contributed by atoms with Gasteiger partial charge in [0.05, 0.1) is 6.04 Å². The predicted octanol–water partition coefficient (Wildman–Crippen LogP) is 4.54. The van der Waals surface area contributed by atoms with Gasteiger partial charge >= 0.3 is 0 Å². The molecule has 5 heteroatoms. The fraction of sp³-hybridized carbons (Fsp3) is 0.444. The lowest BCUT2D eigenvalue weighted by Gasteiger charge is -2.47. The van der Waals surface area contributed by atoms with E-state index in [9.17, 15) is 9.90 Å². The molecule has 0 radical (unpaired) electrons. The molecule has 1 fully saturated rings. The van der Waals surface area contributed by atoms with E-state index in [2.05, 4.69) is 42.4 Å². The molecule has 1 N–H and O–H groups in total. The molecule has 1 amide bonds. The van der Waals surface area contributed by atoms with Crippen molar-refractivity contribution in [3.63, 3.8) is 0 Å². The number of benzene rings is 2. The van der Waals surface area contributed by atoms with Crippen LogP contribution in [-0.4, -0.2) is 70.5 Å². The number of rotatable bonds is 8. The van der Waals surface area contributed by atoms with Gasteiger partial charge in [-0.1, -0.05) is 36.4 Å². The second-order valence-corrected chi connectivity index (χ2v) is 8.70. The van der Waals surface area contributed by atoms with Crippen LogP contribution in [0, 0.1) is 0 Å². The Bertz CT molecular complexity index is 925. The highest BCUT2D eigenvalue weighted by Crippen LogP contribution is 2.36. The van der Waals surface area contributed by atoms with Crippen LogP contribution < -0.4 is 0 Å². The maximum Gasteiger partial charge on any atom is 0.254 e. The highest BCUT2D eigenvalue weighted by atomic mass is 16.3. The zero-order chi connectivity index (χ0) is 23.3. The van der Waals surface area contributed by atoms with Crippen LogP contribution in [0.25, 0.3) is 0 Å². The Kier molecular flexibility index (Phi) is 8.10. The number of phenolic OH excluding ortho intramolecular Hbond substituents is 1. The summed E-state index contributed by atoms with van der Waals surface area (Å²) in [6.45, 7) is 16.4. The first kappa shape index (κ1) is 24.0. The Hall–Kier alpha value is -2.63. The van der Waals surface area contributed by atoms with Crippen molar-refractivity contribution in [2.45, 2.75) is 45.8 Å². The van der Waals surface area contributed by atoms with Crippen LogP contribution in [0.4, 0.5) is 0 Å². The molecule has 0 unspecified atom stereocenters. The van der Waals surface area contributed by atoms with E-state index in [1.165, 1.54) is 0 Å². The number of carbonyl (C=O) groups excluding carboxylic acids is 1. The standard InChI is InChI=1S/C27H37N3O2/c1-6-16-29-18-21(5)30(19-20(29)4)26(22-12-11-13-23(31)17-22)24-14-9-10-15-25(24)27(32)28(7-2)8-3/h6,9-15,17,20-21,26,31H,1,7-8,16,18-19H2,2-5H3/t20-,21-,26-/m1/s1. The third-order valence-electron chi connectivity index (χ3n) is 6.58. The third-order valence-corrected chi connectivity index (χ3v) is 6.58. The lowest BCUT2D eigenvalue weighted by atomic mass is 9.90. The number of piperazine rings is 1. The van der Waals surface area contributed by atoms with Gasteiger partial charge < -0.3 is 10.0 Å². The smallest absolute Gasteiger partial charge is 0.254 e. The second kappa shape index (κ2) is 10.8. The van der Waals surface area contributed by atoms with Gasteiger partial charge in [0.25, 0.3) is 5.91 Å². The van der Waals surface area contributed by atoms with E-state index >= 15 is 0 Å². The van der Waals surface area contributed by atoms with E-state index in [0.29, 0.717) is 19.1 Å². The van der Waals surface area contributed by atoms with Gasteiger partial charge in [-0.2, -0.15) is 0 Å². The van der Waals surface area contributed by atoms with Gasteiger partial charge in [0.15, 0.2) is 0 Å². The first-order valence-electron chi connectivity index (χ1n) is 11.7. The highest BCUT2D eigenvalue weighted by Gasteiger charge is 2.36. The summed E-state index contributed by atoms with van der Waals surface area (Å²) >= 11 is 0. The van der Waals surface area contributed by atoms with Crippen molar-refractivity contribution in [3.8, 4) is 5.75 Å². The minimum Gasteiger partial charge on any atom is -0.508 e. The zero-order valence-corrected chi connectivity index (χ0v) is 19.9. The van der Waals surface area contributed by atoms with Gasteiger partial charge in [-0.15, -0.1) is 6.58 Å². The van der Waals surface area contributed by atoms with Crippen molar-refractivity contribution in [1.82, 2.24) is 14.7 Å². The van der Waals surface area contributed by atoms with Gasteiger partial charge in [0, 0.05) is 50.4 Å². The fourth-order valence-electron chi connectivity index (χ4n) is 4.86.